The Balaban J connectivity index is 2.56. The summed E-state index contributed by atoms with van der Waals surface area (Å²) in [6.07, 6.45) is 1.00. The van der Waals surface area contributed by atoms with Crippen molar-refractivity contribution in [1.29, 1.82) is 0 Å². The van der Waals surface area contributed by atoms with Gasteiger partial charge >= 0.3 is 6.03 Å². The standard InChI is InChI=1S/C10H9N5O3S/c11-10(16)13-9-8(6-12-15-14-9)19(17,18)7-4-2-1-3-5-7/h1-6H,(H3,11,12,13,14,16). The lowest BCUT2D eigenvalue weighted by Gasteiger charge is -2.07. The zero-order valence-electron chi connectivity index (χ0n) is 9.52. The average molecular weight is 279 g/mol. The number of anilines is 1. The van der Waals surface area contributed by atoms with Crippen molar-refractivity contribution in [2.24, 2.45) is 5.73 Å². The number of rotatable bonds is 3. The molecule has 2 aromatic rings. The third-order valence-electron chi connectivity index (χ3n) is 2.19. The largest absolute Gasteiger partial charge is 0.351 e. The lowest BCUT2D eigenvalue weighted by atomic mass is 10.4. The van der Waals surface area contributed by atoms with E-state index in [9.17, 15) is 13.2 Å². The van der Waals surface area contributed by atoms with Crippen LogP contribution in [0, 0.1) is 0 Å². The van der Waals surface area contributed by atoms with Gasteiger partial charge in [0.2, 0.25) is 9.84 Å². The van der Waals surface area contributed by atoms with E-state index in [0.717, 1.165) is 6.20 Å². The molecule has 8 nitrogen and oxygen atoms in total. The molecule has 0 saturated carbocycles. The van der Waals surface area contributed by atoms with Gasteiger partial charge in [0.1, 0.15) is 4.90 Å². The molecule has 0 bridgehead atoms. The van der Waals surface area contributed by atoms with E-state index in [4.69, 9.17) is 5.73 Å². The summed E-state index contributed by atoms with van der Waals surface area (Å²) >= 11 is 0. The first kappa shape index (κ1) is 12.9. The molecular weight excluding hydrogens is 270 g/mol. The summed E-state index contributed by atoms with van der Waals surface area (Å²) in [5, 5.41) is 12.2. The molecule has 0 atom stereocenters. The highest BCUT2D eigenvalue weighted by molar-refractivity contribution is 7.91. The number of benzene rings is 1. The number of hydrogen-bond donors (Lipinski definition) is 2. The van der Waals surface area contributed by atoms with Gasteiger partial charge in [0.15, 0.2) is 5.82 Å². The Bertz CT molecular complexity index is 702. The van der Waals surface area contributed by atoms with E-state index in [1.54, 1.807) is 18.2 Å². The fourth-order valence-corrected chi connectivity index (χ4v) is 2.69. The Kier molecular flexibility index (Phi) is 3.38. The molecule has 1 aromatic carbocycles. The van der Waals surface area contributed by atoms with Crippen molar-refractivity contribution in [3.8, 4) is 0 Å². The Hall–Kier alpha value is -2.55. The number of hydrogen-bond acceptors (Lipinski definition) is 6. The predicted molar refractivity (Wildman–Crippen MR) is 64.9 cm³/mol. The summed E-state index contributed by atoms with van der Waals surface area (Å²) in [5.41, 5.74) is 4.94. The quantitative estimate of drug-likeness (QED) is 0.825. The summed E-state index contributed by atoms with van der Waals surface area (Å²) in [6, 6.07) is 6.75. The number of nitrogens with two attached hydrogens (primary N) is 1. The Labute approximate surface area is 108 Å². The van der Waals surface area contributed by atoms with Crippen LogP contribution in [0.25, 0.3) is 0 Å². The van der Waals surface area contributed by atoms with Gasteiger partial charge in [-0.1, -0.05) is 18.2 Å². The van der Waals surface area contributed by atoms with Crippen LogP contribution >= 0.6 is 0 Å². The normalized spacial score (nSPS) is 10.9. The number of aromatic nitrogens is 3. The Morgan fingerprint density at radius 2 is 1.89 bits per heavy atom. The number of nitrogens with zero attached hydrogens (tertiary/aromatic N) is 3. The number of nitrogens with one attached hydrogen (secondary N) is 1. The molecule has 0 aliphatic carbocycles. The van der Waals surface area contributed by atoms with Gasteiger partial charge < -0.3 is 5.73 Å². The zero-order chi connectivity index (χ0) is 13.9. The number of urea groups is 1. The fourth-order valence-electron chi connectivity index (χ4n) is 1.39. The first-order chi connectivity index (χ1) is 9.01. The summed E-state index contributed by atoms with van der Waals surface area (Å²) < 4.78 is 24.7. The van der Waals surface area contributed by atoms with E-state index < -0.39 is 15.9 Å². The number of carbonyl (C=O) groups excluding carboxylic acids is 1. The second-order valence-electron chi connectivity index (χ2n) is 3.45. The van der Waals surface area contributed by atoms with Crippen molar-refractivity contribution < 1.29 is 13.2 Å². The van der Waals surface area contributed by atoms with Gasteiger partial charge in [-0.05, 0) is 17.3 Å². The lowest BCUT2D eigenvalue weighted by Crippen LogP contribution is -2.22. The minimum Gasteiger partial charge on any atom is -0.351 e. The first-order valence-corrected chi connectivity index (χ1v) is 6.55. The van der Waals surface area contributed by atoms with Crippen molar-refractivity contribution in [3.05, 3.63) is 36.5 Å². The average Bonchev–Trinajstić information content (AvgIpc) is 2.39. The first-order valence-electron chi connectivity index (χ1n) is 5.07. The van der Waals surface area contributed by atoms with Crippen LogP contribution in [-0.4, -0.2) is 29.9 Å². The maximum atomic E-state index is 12.3. The lowest BCUT2D eigenvalue weighted by molar-refractivity contribution is 0.259. The molecule has 19 heavy (non-hydrogen) atoms. The Morgan fingerprint density at radius 1 is 1.21 bits per heavy atom. The van der Waals surface area contributed by atoms with Gasteiger partial charge in [-0.15, -0.1) is 10.2 Å². The molecular formula is C10H9N5O3S. The second-order valence-corrected chi connectivity index (χ2v) is 5.37. The monoisotopic (exact) mass is 279 g/mol. The molecule has 0 fully saturated rings. The molecule has 9 heteroatoms. The highest BCUT2D eigenvalue weighted by atomic mass is 32.2. The molecule has 2 rings (SSSR count). The predicted octanol–water partition coefficient (Wildman–Crippen LogP) is 0.195. The van der Waals surface area contributed by atoms with Crippen molar-refractivity contribution in [2.45, 2.75) is 9.79 Å². The minimum atomic E-state index is -3.85. The van der Waals surface area contributed by atoms with Gasteiger partial charge in [-0.2, -0.15) is 0 Å². The fraction of sp³-hybridized carbons (Fsp3) is 0. The molecule has 0 spiro atoms. The van der Waals surface area contributed by atoms with Crippen molar-refractivity contribution in [3.63, 3.8) is 0 Å². The number of primary amides is 1. The van der Waals surface area contributed by atoms with Crippen molar-refractivity contribution >= 4 is 21.7 Å². The van der Waals surface area contributed by atoms with E-state index >= 15 is 0 Å². The van der Waals surface area contributed by atoms with E-state index in [0.29, 0.717) is 0 Å². The van der Waals surface area contributed by atoms with Crippen molar-refractivity contribution in [1.82, 2.24) is 15.4 Å². The number of carbonyl (C=O) groups is 1. The minimum absolute atomic E-state index is 0.0531. The van der Waals surface area contributed by atoms with Crippen molar-refractivity contribution in [2.75, 3.05) is 5.32 Å². The second kappa shape index (κ2) is 4.98. The molecule has 1 aromatic heterocycles. The van der Waals surface area contributed by atoms with Crippen LogP contribution in [-0.2, 0) is 9.84 Å². The van der Waals surface area contributed by atoms with Crippen LogP contribution in [0.4, 0.5) is 10.6 Å². The van der Waals surface area contributed by atoms with Gasteiger partial charge in [-0.3, -0.25) is 5.32 Å². The maximum absolute atomic E-state index is 12.3. The van der Waals surface area contributed by atoms with Gasteiger partial charge in [0.25, 0.3) is 0 Å². The van der Waals surface area contributed by atoms with Crippen LogP contribution in [0.3, 0.4) is 0 Å². The van der Waals surface area contributed by atoms with Crippen LogP contribution in [0.15, 0.2) is 46.3 Å². The van der Waals surface area contributed by atoms with Crippen LogP contribution in [0.1, 0.15) is 0 Å². The number of amides is 2. The number of sulfone groups is 1. The molecule has 0 radical (unpaired) electrons. The van der Waals surface area contributed by atoms with E-state index in [1.165, 1.54) is 12.1 Å². The topological polar surface area (TPSA) is 128 Å². The summed E-state index contributed by atoms with van der Waals surface area (Å²) in [6.45, 7) is 0. The van der Waals surface area contributed by atoms with Gasteiger partial charge in [0.05, 0.1) is 11.1 Å². The van der Waals surface area contributed by atoms with Crippen LogP contribution in [0.2, 0.25) is 0 Å². The molecule has 0 saturated heterocycles. The van der Waals surface area contributed by atoms with Crippen LogP contribution < -0.4 is 11.1 Å². The molecule has 0 aliphatic heterocycles. The highest BCUT2D eigenvalue weighted by Crippen LogP contribution is 2.24. The summed E-state index contributed by atoms with van der Waals surface area (Å²) in [7, 11) is -3.85. The molecule has 0 aliphatic rings. The third-order valence-corrected chi connectivity index (χ3v) is 3.96. The van der Waals surface area contributed by atoms with Gasteiger partial charge in [0, 0.05) is 0 Å². The highest BCUT2D eigenvalue weighted by Gasteiger charge is 2.23. The van der Waals surface area contributed by atoms with Crippen LogP contribution in [0.5, 0.6) is 0 Å². The maximum Gasteiger partial charge on any atom is 0.317 e. The van der Waals surface area contributed by atoms with Gasteiger partial charge in [-0.25, -0.2) is 13.2 Å². The van der Waals surface area contributed by atoms with E-state index in [2.05, 4.69) is 20.7 Å². The Morgan fingerprint density at radius 3 is 2.53 bits per heavy atom. The zero-order valence-corrected chi connectivity index (χ0v) is 10.3. The molecule has 2 amide bonds. The third kappa shape index (κ3) is 2.65. The van der Waals surface area contributed by atoms with E-state index in [1.807, 2.05) is 0 Å². The smallest absolute Gasteiger partial charge is 0.317 e. The molecule has 98 valence electrons. The summed E-state index contributed by atoms with van der Waals surface area (Å²) in [5.74, 6) is -0.258. The molecule has 3 N–H and O–H groups in total. The molecule has 1 heterocycles. The summed E-state index contributed by atoms with van der Waals surface area (Å²) in [4.78, 5) is 10.6. The molecule has 0 unspecified atom stereocenters. The van der Waals surface area contributed by atoms with E-state index in [-0.39, 0.29) is 15.6 Å². The SMILES string of the molecule is NC(=O)Nc1nnncc1S(=O)(=O)c1ccccc1.